The first-order valence-corrected chi connectivity index (χ1v) is 8.58. The van der Waals surface area contributed by atoms with Crippen molar-refractivity contribution in [3.05, 3.63) is 40.3 Å². The van der Waals surface area contributed by atoms with Crippen LogP contribution in [0.15, 0.2) is 29.1 Å². The topological polar surface area (TPSA) is 67.7 Å². The van der Waals surface area contributed by atoms with Gasteiger partial charge in [-0.25, -0.2) is 4.68 Å². The lowest BCUT2D eigenvalue weighted by Gasteiger charge is -2.22. The Kier molecular flexibility index (Phi) is 5.45. The SMILES string of the molecule is COCCN1CCCN(C(=O)c2nn(C)c(=O)c3ccccc23)CC1. The van der Waals surface area contributed by atoms with E-state index in [1.54, 1.807) is 32.4 Å². The fourth-order valence-electron chi connectivity index (χ4n) is 3.23. The minimum atomic E-state index is -0.186. The van der Waals surface area contributed by atoms with Gasteiger partial charge in [-0.2, -0.15) is 5.10 Å². The Morgan fingerprint density at radius 1 is 1.16 bits per heavy atom. The van der Waals surface area contributed by atoms with E-state index in [4.69, 9.17) is 4.74 Å². The molecule has 1 aliphatic rings. The monoisotopic (exact) mass is 344 g/mol. The highest BCUT2D eigenvalue weighted by Gasteiger charge is 2.24. The standard InChI is InChI=1S/C18H24N4O3/c1-20-17(23)15-7-4-3-6-14(15)16(19-20)18(24)22-9-5-8-21(10-11-22)12-13-25-2/h3-4,6-7H,5,8-13H2,1-2H3. The first-order valence-electron chi connectivity index (χ1n) is 8.58. The summed E-state index contributed by atoms with van der Waals surface area (Å²) in [6.45, 7) is 4.69. The van der Waals surface area contributed by atoms with Crippen molar-refractivity contribution in [3.8, 4) is 0 Å². The summed E-state index contributed by atoms with van der Waals surface area (Å²) in [5, 5.41) is 5.40. The van der Waals surface area contributed by atoms with E-state index >= 15 is 0 Å². The van der Waals surface area contributed by atoms with Crippen molar-refractivity contribution < 1.29 is 9.53 Å². The van der Waals surface area contributed by atoms with Crippen LogP contribution in [-0.2, 0) is 11.8 Å². The second-order valence-electron chi connectivity index (χ2n) is 6.30. The van der Waals surface area contributed by atoms with Crippen molar-refractivity contribution in [1.82, 2.24) is 19.6 Å². The Morgan fingerprint density at radius 2 is 1.92 bits per heavy atom. The minimum absolute atomic E-state index is 0.111. The number of fused-ring (bicyclic) bond motifs is 1. The molecule has 7 nitrogen and oxygen atoms in total. The molecule has 3 rings (SSSR count). The van der Waals surface area contributed by atoms with Crippen molar-refractivity contribution in [2.75, 3.05) is 46.4 Å². The number of aromatic nitrogens is 2. The van der Waals surface area contributed by atoms with Crippen molar-refractivity contribution in [2.45, 2.75) is 6.42 Å². The molecule has 0 spiro atoms. The summed E-state index contributed by atoms with van der Waals surface area (Å²) >= 11 is 0. The number of amides is 1. The molecule has 1 fully saturated rings. The van der Waals surface area contributed by atoms with Gasteiger partial charge < -0.3 is 9.64 Å². The third-order valence-corrected chi connectivity index (χ3v) is 4.65. The molecule has 0 unspecified atom stereocenters. The van der Waals surface area contributed by atoms with Crippen LogP contribution >= 0.6 is 0 Å². The molecule has 1 aliphatic heterocycles. The number of ether oxygens (including phenoxy) is 1. The molecule has 134 valence electrons. The molecule has 0 bridgehead atoms. The van der Waals surface area contributed by atoms with Crippen LogP contribution in [0, 0.1) is 0 Å². The first-order chi connectivity index (χ1) is 12.1. The Hall–Kier alpha value is -2.25. The molecule has 0 aliphatic carbocycles. The predicted octanol–water partition coefficient (Wildman–Crippen LogP) is 0.728. The number of rotatable bonds is 4. The maximum Gasteiger partial charge on any atom is 0.274 e. The van der Waals surface area contributed by atoms with E-state index in [-0.39, 0.29) is 11.5 Å². The highest BCUT2D eigenvalue weighted by molar-refractivity contribution is 6.04. The Labute approximate surface area is 146 Å². The summed E-state index contributed by atoms with van der Waals surface area (Å²) < 4.78 is 6.39. The Morgan fingerprint density at radius 3 is 2.68 bits per heavy atom. The van der Waals surface area contributed by atoms with Crippen molar-refractivity contribution >= 4 is 16.7 Å². The number of carbonyl (C=O) groups excluding carboxylic acids is 1. The Bertz CT molecular complexity index is 818. The third kappa shape index (κ3) is 3.72. The second kappa shape index (κ2) is 7.76. The van der Waals surface area contributed by atoms with Gasteiger partial charge in [-0.15, -0.1) is 0 Å². The molecule has 1 aromatic heterocycles. The second-order valence-corrected chi connectivity index (χ2v) is 6.30. The fourth-order valence-corrected chi connectivity index (χ4v) is 3.23. The lowest BCUT2D eigenvalue weighted by Crippen LogP contribution is -2.37. The molecule has 0 saturated carbocycles. The maximum atomic E-state index is 13.1. The Balaban J connectivity index is 1.85. The van der Waals surface area contributed by atoms with Crippen LogP contribution in [0.25, 0.3) is 10.8 Å². The normalized spacial score (nSPS) is 16.2. The summed E-state index contributed by atoms with van der Waals surface area (Å²) in [5.41, 5.74) is 0.164. The van der Waals surface area contributed by atoms with E-state index < -0.39 is 0 Å². The van der Waals surface area contributed by atoms with E-state index in [0.717, 1.165) is 26.1 Å². The molecule has 2 heterocycles. The average Bonchev–Trinajstić information content (AvgIpc) is 2.88. The van der Waals surface area contributed by atoms with Crippen LogP contribution in [-0.4, -0.2) is 71.9 Å². The smallest absolute Gasteiger partial charge is 0.274 e. The molecular formula is C18H24N4O3. The predicted molar refractivity (Wildman–Crippen MR) is 95.8 cm³/mol. The number of carbonyl (C=O) groups is 1. The van der Waals surface area contributed by atoms with Crippen molar-refractivity contribution in [2.24, 2.45) is 7.05 Å². The van der Waals surface area contributed by atoms with E-state index in [1.165, 1.54) is 4.68 Å². The van der Waals surface area contributed by atoms with Gasteiger partial charge in [-0.3, -0.25) is 14.5 Å². The molecule has 7 heteroatoms. The van der Waals surface area contributed by atoms with Crippen molar-refractivity contribution in [1.29, 1.82) is 0 Å². The molecule has 1 saturated heterocycles. The average molecular weight is 344 g/mol. The van der Waals surface area contributed by atoms with Crippen LogP contribution in [0.2, 0.25) is 0 Å². The summed E-state index contributed by atoms with van der Waals surface area (Å²) in [7, 11) is 3.28. The molecule has 0 N–H and O–H groups in total. The van der Waals surface area contributed by atoms with Crippen LogP contribution in [0.1, 0.15) is 16.9 Å². The number of nitrogens with zero attached hydrogens (tertiary/aromatic N) is 4. The number of benzene rings is 1. The molecule has 0 radical (unpaired) electrons. The molecule has 2 aromatic rings. The van der Waals surface area contributed by atoms with Gasteiger partial charge in [0.2, 0.25) is 0 Å². The van der Waals surface area contributed by atoms with Gasteiger partial charge in [0.05, 0.1) is 12.0 Å². The van der Waals surface area contributed by atoms with Gasteiger partial charge in [0.25, 0.3) is 11.5 Å². The van der Waals surface area contributed by atoms with Crippen molar-refractivity contribution in [3.63, 3.8) is 0 Å². The zero-order valence-corrected chi connectivity index (χ0v) is 14.8. The summed E-state index contributed by atoms with van der Waals surface area (Å²) in [4.78, 5) is 29.4. The molecule has 25 heavy (non-hydrogen) atoms. The van der Waals surface area contributed by atoms with E-state index in [2.05, 4.69) is 10.00 Å². The number of methoxy groups -OCH3 is 1. The largest absolute Gasteiger partial charge is 0.383 e. The highest BCUT2D eigenvalue weighted by Crippen LogP contribution is 2.16. The van der Waals surface area contributed by atoms with Gasteiger partial charge in [0.15, 0.2) is 5.69 Å². The first kappa shape index (κ1) is 17.6. The molecule has 0 atom stereocenters. The van der Waals surface area contributed by atoms with E-state index in [9.17, 15) is 9.59 Å². The van der Waals surface area contributed by atoms with Gasteiger partial charge >= 0.3 is 0 Å². The minimum Gasteiger partial charge on any atom is -0.383 e. The van der Waals surface area contributed by atoms with Gasteiger partial charge in [-0.05, 0) is 19.0 Å². The summed E-state index contributed by atoms with van der Waals surface area (Å²) in [6.07, 6.45) is 0.916. The van der Waals surface area contributed by atoms with Crippen LogP contribution in [0.3, 0.4) is 0 Å². The van der Waals surface area contributed by atoms with E-state index in [1.807, 2.05) is 11.0 Å². The molecular weight excluding hydrogens is 320 g/mol. The number of hydrogen-bond donors (Lipinski definition) is 0. The molecule has 1 aromatic carbocycles. The fraction of sp³-hybridized carbons (Fsp3) is 0.500. The summed E-state index contributed by atoms with van der Waals surface area (Å²) in [5.74, 6) is -0.111. The summed E-state index contributed by atoms with van der Waals surface area (Å²) in [6, 6.07) is 7.16. The maximum absolute atomic E-state index is 13.1. The number of hydrogen-bond acceptors (Lipinski definition) is 5. The molecule has 1 amide bonds. The quantitative estimate of drug-likeness (QED) is 0.818. The number of aryl methyl sites for hydroxylation is 1. The zero-order chi connectivity index (χ0) is 17.8. The lowest BCUT2D eigenvalue weighted by molar-refractivity contribution is 0.0753. The van der Waals surface area contributed by atoms with Gasteiger partial charge in [0.1, 0.15) is 0 Å². The van der Waals surface area contributed by atoms with Crippen LogP contribution < -0.4 is 5.56 Å². The van der Waals surface area contributed by atoms with Gasteiger partial charge in [0, 0.05) is 45.7 Å². The highest BCUT2D eigenvalue weighted by atomic mass is 16.5. The van der Waals surface area contributed by atoms with Gasteiger partial charge in [-0.1, -0.05) is 18.2 Å². The lowest BCUT2D eigenvalue weighted by atomic mass is 10.1. The zero-order valence-electron chi connectivity index (χ0n) is 14.8. The third-order valence-electron chi connectivity index (χ3n) is 4.65. The van der Waals surface area contributed by atoms with E-state index in [0.29, 0.717) is 36.2 Å². The van der Waals surface area contributed by atoms with Crippen LogP contribution in [0.5, 0.6) is 0 Å². The van der Waals surface area contributed by atoms with Crippen LogP contribution in [0.4, 0.5) is 0 Å².